The van der Waals surface area contributed by atoms with Gasteiger partial charge in [0.25, 0.3) is 0 Å². The minimum atomic E-state index is -1.17. The Labute approximate surface area is 249 Å². The molecule has 42 heavy (non-hydrogen) atoms. The van der Waals surface area contributed by atoms with Crippen LogP contribution in [0.1, 0.15) is 95.3 Å². The van der Waals surface area contributed by atoms with Gasteiger partial charge in [-0.15, -0.1) is 0 Å². The van der Waals surface area contributed by atoms with Gasteiger partial charge in [-0.1, -0.05) is 68.1 Å². The molecule has 0 aromatic heterocycles. The first-order chi connectivity index (χ1) is 20.2. The number of carbonyl (C=O) groups excluding carboxylic acids is 4. The number of ether oxygens (including phenoxy) is 3. The first-order valence-corrected chi connectivity index (χ1v) is 15.5. The number of fused-ring (bicyclic) bond motifs is 3. The van der Waals surface area contributed by atoms with Crippen LogP contribution in [0.4, 0.5) is 0 Å². The van der Waals surface area contributed by atoms with E-state index in [9.17, 15) is 19.2 Å². The van der Waals surface area contributed by atoms with Gasteiger partial charge >= 0.3 is 11.9 Å². The SMILES string of the molecule is CC1(C)COC(=O)CCCCCCOc2cccc(c2)[C@H](CCc2ccccc2)OC(=O)[C@@H]2CCCCC2C(=O)C1=O. The van der Waals surface area contributed by atoms with E-state index in [1.165, 1.54) is 0 Å². The highest BCUT2D eigenvalue weighted by atomic mass is 16.5. The summed E-state index contributed by atoms with van der Waals surface area (Å²) in [4.78, 5) is 53.0. The van der Waals surface area contributed by atoms with E-state index in [1.54, 1.807) is 13.8 Å². The molecule has 0 N–H and O–H groups in total. The van der Waals surface area contributed by atoms with Gasteiger partial charge in [0.05, 0.1) is 17.9 Å². The fraction of sp³-hybridized carbons (Fsp3) is 0.543. The van der Waals surface area contributed by atoms with Crippen molar-refractivity contribution in [2.24, 2.45) is 17.3 Å². The molecular formula is C35H44O7. The fourth-order valence-electron chi connectivity index (χ4n) is 5.81. The molecule has 3 atom stereocenters. The van der Waals surface area contributed by atoms with Crippen LogP contribution in [0, 0.1) is 17.3 Å². The Morgan fingerprint density at radius 1 is 0.786 bits per heavy atom. The van der Waals surface area contributed by atoms with Crippen molar-refractivity contribution < 1.29 is 33.4 Å². The van der Waals surface area contributed by atoms with Crippen molar-refractivity contribution in [2.45, 2.75) is 90.6 Å². The van der Waals surface area contributed by atoms with Gasteiger partial charge in [0.1, 0.15) is 18.5 Å². The van der Waals surface area contributed by atoms with E-state index in [0.29, 0.717) is 44.5 Å². The molecule has 0 amide bonds. The Hall–Kier alpha value is -3.48. The molecule has 0 radical (unpaired) electrons. The molecule has 2 aliphatic rings. The Morgan fingerprint density at radius 2 is 1.52 bits per heavy atom. The smallest absolute Gasteiger partial charge is 0.310 e. The second-order valence-electron chi connectivity index (χ2n) is 12.3. The average Bonchev–Trinajstić information content (AvgIpc) is 3.01. The van der Waals surface area contributed by atoms with Crippen molar-refractivity contribution in [1.82, 2.24) is 0 Å². The molecule has 2 aromatic carbocycles. The molecule has 0 saturated heterocycles. The van der Waals surface area contributed by atoms with E-state index in [2.05, 4.69) is 12.1 Å². The van der Waals surface area contributed by atoms with E-state index < -0.39 is 40.9 Å². The normalized spacial score (nSPS) is 24.8. The van der Waals surface area contributed by atoms with Crippen molar-refractivity contribution in [1.29, 1.82) is 0 Å². The number of esters is 2. The number of rotatable bonds is 3. The maximum absolute atomic E-state index is 13.8. The van der Waals surface area contributed by atoms with Crippen molar-refractivity contribution >= 4 is 23.5 Å². The van der Waals surface area contributed by atoms with Crippen LogP contribution >= 0.6 is 0 Å². The average molecular weight is 577 g/mol. The van der Waals surface area contributed by atoms with Crippen LogP contribution in [0.2, 0.25) is 0 Å². The number of carbonyl (C=O) groups is 4. The third-order valence-electron chi connectivity index (χ3n) is 8.41. The van der Waals surface area contributed by atoms with Gasteiger partial charge in [0.15, 0.2) is 0 Å². The third kappa shape index (κ3) is 8.76. The van der Waals surface area contributed by atoms with Crippen molar-refractivity contribution in [3.63, 3.8) is 0 Å². The molecule has 2 bridgehead atoms. The molecule has 7 nitrogen and oxygen atoms in total. The molecule has 7 heteroatoms. The predicted octanol–water partition coefficient (Wildman–Crippen LogP) is 6.76. The van der Waals surface area contributed by atoms with Gasteiger partial charge in [-0.2, -0.15) is 0 Å². The van der Waals surface area contributed by atoms with Crippen LogP contribution in [0.3, 0.4) is 0 Å². The zero-order valence-corrected chi connectivity index (χ0v) is 25.0. The largest absolute Gasteiger partial charge is 0.494 e. The lowest BCUT2D eigenvalue weighted by Gasteiger charge is -2.32. The van der Waals surface area contributed by atoms with Crippen LogP contribution in [-0.4, -0.2) is 36.7 Å². The highest BCUT2D eigenvalue weighted by molar-refractivity contribution is 6.40. The summed E-state index contributed by atoms with van der Waals surface area (Å²) in [6.45, 7) is 3.63. The lowest BCUT2D eigenvalue weighted by molar-refractivity contribution is -0.162. The zero-order chi connectivity index (χ0) is 30.0. The summed E-state index contributed by atoms with van der Waals surface area (Å²) in [5, 5.41) is 0. The third-order valence-corrected chi connectivity index (χ3v) is 8.41. The summed E-state index contributed by atoms with van der Waals surface area (Å²) in [5.74, 6) is -2.71. The van der Waals surface area contributed by atoms with Gasteiger partial charge in [-0.25, -0.2) is 0 Å². The molecule has 2 aromatic rings. The lowest BCUT2D eigenvalue weighted by atomic mass is 9.72. The van der Waals surface area contributed by atoms with Gasteiger partial charge in [0, 0.05) is 12.3 Å². The van der Waals surface area contributed by atoms with E-state index in [4.69, 9.17) is 14.2 Å². The Bertz CT molecular complexity index is 1220. The van der Waals surface area contributed by atoms with Crippen LogP contribution in [-0.2, 0) is 35.1 Å². The number of hydrogen-bond donors (Lipinski definition) is 0. The Balaban J connectivity index is 1.59. The minimum absolute atomic E-state index is 0.163. The Morgan fingerprint density at radius 3 is 2.31 bits per heavy atom. The summed E-state index contributed by atoms with van der Waals surface area (Å²) < 4.78 is 17.6. The summed E-state index contributed by atoms with van der Waals surface area (Å²) in [7, 11) is 0. The monoisotopic (exact) mass is 576 g/mol. The topological polar surface area (TPSA) is 96.0 Å². The van der Waals surface area contributed by atoms with E-state index in [1.807, 2.05) is 42.5 Å². The summed E-state index contributed by atoms with van der Waals surface area (Å²) in [5.41, 5.74) is 0.810. The molecule has 1 fully saturated rings. The first kappa shape index (κ1) is 31.5. The maximum atomic E-state index is 13.8. The van der Waals surface area contributed by atoms with Gasteiger partial charge in [-0.05, 0) is 75.6 Å². The van der Waals surface area contributed by atoms with Crippen LogP contribution in [0.5, 0.6) is 5.75 Å². The van der Waals surface area contributed by atoms with Crippen LogP contribution < -0.4 is 4.74 Å². The van der Waals surface area contributed by atoms with E-state index >= 15 is 0 Å². The van der Waals surface area contributed by atoms with Gasteiger partial charge in [-0.3, -0.25) is 19.2 Å². The van der Waals surface area contributed by atoms with Crippen LogP contribution in [0.25, 0.3) is 0 Å². The molecule has 1 aliphatic heterocycles. The van der Waals surface area contributed by atoms with Crippen molar-refractivity contribution in [2.75, 3.05) is 13.2 Å². The number of Topliss-reactive ketones (excluding diaryl/α,β-unsaturated/α-hetero) is 2. The highest BCUT2D eigenvalue weighted by Gasteiger charge is 2.44. The fourth-order valence-corrected chi connectivity index (χ4v) is 5.81. The van der Waals surface area contributed by atoms with Crippen molar-refractivity contribution in [3.05, 3.63) is 65.7 Å². The van der Waals surface area contributed by atoms with Gasteiger partial charge in [0.2, 0.25) is 11.6 Å². The van der Waals surface area contributed by atoms with Crippen LogP contribution in [0.15, 0.2) is 54.6 Å². The summed E-state index contributed by atoms with van der Waals surface area (Å²) in [6, 6.07) is 17.7. The molecule has 226 valence electrons. The second-order valence-corrected chi connectivity index (χ2v) is 12.3. The first-order valence-electron chi connectivity index (χ1n) is 15.5. The highest BCUT2D eigenvalue weighted by Crippen LogP contribution is 2.36. The quantitative estimate of drug-likeness (QED) is 0.294. The summed E-state index contributed by atoms with van der Waals surface area (Å²) >= 11 is 0. The molecule has 1 unspecified atom stereocenters. The molecule has 0 spiro atoms. The lowest BCUT2D eigenvalue weighted by Crippen LogP contribution is -2.43. The second kappa shape index (κ2) is 15.1. The number of cyclic esters (lactones) is 2. The van der Waals surface area contributed by atoms with Crippen molar-refractivity contribution in [3.8, 4) is 5.75 Å². The molecule has 1 heterocycles. The molecule has 4 rings (SSSR count). The van der Waals surface area contributed by atoms with Gasteiger partial charge < -0.3 is 14.2 Å². The molecule has 1 saturated carbocycles. The summed E-state index contributed by atoms with van der Waals surface area (Å²) in [6.07, 6.45) is 6.82. The zero-order valence-electron chi connectivity index (χ0n) is 25.0. The Kier molecular flexibility index (Phi) is 11.3. The minimum Gasteiger partial charge on any atom is -0.494 e. The number of benzene rings is 2. The standard InChI is InChI=1S/C35H44O7/c1-35(2)24-41-31(36)19-8-3-4-11-22-40-27-16-12-15-26(23-27)30(21-20-25-13-6-5-7-14-25)42-34(39)29-18-10-9-17-28(29)32(37)33(35)38/h5-7,12-16,23,28-30H,3-4,8-11,17-22,24H2,1-2H3/t28?,29-,30+/m1/s1. The van der Waals surface area contributed by atoms with E-state index in [-0.39, 0.29) is 19.0 Å². The van der Waals surface area contributed by atoms with E-state index in [0.717, 1.165) is 43.2 Å². The molecule has 1 aliphatic carbocycles. The number of ketones is 2. The predicted molar refractivity (Wildman–Crippen MR) is 159 cm³/mol. The number of aryl methyl sites for hydroxylation is 1. The molecular weight excluding hydrogens is 532 g/mol. The number of hydrogen-bond acceptors (Lipinski definition) is 7. The maximum Gasteiger partial charge on any atom is 0.310 e.